The summed E-state index contributed by atoms with van der Waals surface area (Å²) in [5, 5.41) is 12.9. The van der Waals surface area contributed by atoms with Crippen LogP contribution in [0, 0.1) is 0 Å². The lowest BCUT2D eigenvalue weighted by molar-refractivity contribution is 0.371. The smallest absolute Gasteiger partial charge is 0.117 e. The fraction of sp³-hybridized carbons (Fsp3) is 0.529. The lowest BCUT2D eigenvalue weighted by atomic mass is 10.0. The summed E-state index contributed by atoms with van der Waals surface area (Å²) in [7, 11) is 0. The van der Waals surface area contributed by atoms with E-state index < -0.39 is 0 Å². The van der Waals surface area contributed by atoms with Gasteiger partial charge in [-0.15, -0.1) is 0 Å². The summed E-state index contributed by atoms with van der Waals surface area (Å²) in [4.78, 5) is 1.82. The first-order valence-electron chi connectivity index (χ1n) is 7.80. The molecule has 0 spiro atoms. The van der Waals surface area contributed by atoms with Crippen LogP contribution in [-0.2, 0) is 13.1 Å². The minimum Gasteiger partial charge on any atom is -0.306 e. The fourth-order valence-electron chi connectivity index (χ4n) is 2.07. The molecule has 1 heterocycles. The highest BCUT2D eigenvalue weighted by atomic mass is 15.5. The van der Waals surface area contributed by atoms with Gasteiger partial charge >= 0.3 is 0 Å². The molecule has 0 atom stereocenters. The van der Waals surface area contributed by atoms with Crippen LogP contribution in [0.2, 0.25) is 0 Å². The van der Waals surface area contributed by atoms with Gasteiger partial charge in [0.1, 0.15) is 11.4 Å². The molecule has 0 radical (unpaired) electrons. The molecule has 0 aliphatic rings. The molecule has 0 bridgehead atoms. The van der Waals surface area contributed by atoms with E-state index in [1.54, 1.807) is 0 Å². The molecule has 4 nitrogen and oxygen atoms in total. The van der Waals surface area contributed by atoms with Crippen LogP contribution >= 0.6 is 0 Å². The second-order valence-electron chi connectivity index (χ2n) is 6.05. The molecule has 0 saturated heterocycles. The molecule has 1 N–H and O–H groups in total. The summed E-state index contributed by atoms with van der Waals surface area (Å²) in [6, 6.07) is 10.3. The van der Waals surface area contributed by atoms with Crippen LogP contribution in [0.4, 0.5) is 0 Å². The Labute approximate surface area is 127 Å². The molecule has 1 aromatic heterocycles. The predicted molar refractivity (Wildman–Crippen MR) is 87.0 cm³/mol. The van der Waals surface area contributed by atoms with Crippen molar-refractivity contribution in [2.45, 2.75) is 59.2 Å². The van der Waals surface area contributed by atoms with Gasteiger partial charge in [-0.25, -0.2) is 0 Å². The topological polar surface area (TPSA) is 42.7 Å². The highest BCUT2D eigenvalue weighted by Crippen LogP contribution is 2.21. The molecule has 0 amide bonds. The van der Waals surface area contributed by atoms with Crippen molar-refractivity contribution in [1.29, 1.82) is 0 Å². The third-order valence-electron chi connectivity index (χ3n) is 3.81. The quantitative estimate of drug-likeness (QED) is 0.845. The number of hydrogen-bond donors (Lipinski definition) is 1. The first-order chi connectivity index (χ1) is 10.1. The Morgan fingerprint density at radius 3 is 2.43 bits per heavy atom. The van der Waals surface area contributed by atoms with Gasteiger partial charge in [0, 0.05) is 17.6 Å². The first-order valence-corrected chi connectivity index (χ1v) is 7.80. The van der Waals surface area contributed by atoms with Gasteiger partial charge in [0.15, 0.2) is 0 Å². The Kier molecular flexibility index (Phi) is 5.12. The van der Waals surface area contributed by atoms with Crippen molar-refractivity contribution in [2.24, 2.45) is 0 Å². The lowest BCUT2D eigenvalue weighted by Crippen LogP contribution is -2.38. The zero-order valence-electron chi connectivity index (χ0n) is 13.6. The van der Waals surface area contributed by atoms with E-state index in [1.807, 2.05) is 23.0 Å². The largest absolute Gasteiger partial charge is 0.306 e. The number of benzene rings is 1. The van der Waals surface area contributed by atoms with Crippen molar-refractivity contribution in [3.8, 4) is 11.3 Å². The minimum atomic E-state index is 0.114. The Morgan fingerprint density at radius 2 is 1.81 bits per heavy atom. The van der Waals surface area contributed by atoms with Crippen molar-refractivity contribution < 1.29 is 0 Å². The third-order valence-corrected chi connectivity index (χ3v) is 3.81. The number of aromatic nitrogens is 3. The fourth-order valence-corrected chi connectivity index (χ4v) is 2.07. The number of rotatable bonds is 7. The van der Waals surface area contributed by atoms with Crippen molar-refractivity contribution >= 4 is 0 Å². The van der Waals surface area contributed by atoms with Gasteiger partial charge in [-0.3, -0.25) is 0 Å². The molecule has 114 valence electrons. The Balaban J connectivity index is 2.26. The molecular formula is C17H26N4. The summed E-state index contributed by atoms with van der Waals surface area (Å²) in [6.45, 7) is 10.4. The molecule has 0 fully saturated rings. The summed E-state index contributed by atoms with van der Waals surface area (Å²) in [5.74, 6) is 0. The molecule has 1 aromatic carbocycles. The lowest BCUT2D eigenvalue weighted by Gasteiger charge is -2.24. The van der Waals surface area contributed by atoms with Crippen LogP contribution in [0.1, 0.15) is 46.2 Å². The maximum absolute atomic E-state index is 4.66. The van der Waals surface area contributed by atoms with E-state index in [0.29, 0.717) is 0 Å². The normalized spacial score (nSPS) is 11.8. The average Bonchev–Trinajstić information content (AvgIpc) is 2.90. The standard InChI is InChI=1S/C17H26N4/c1-5-12-21-19-15(13-18-17(3,4)6-2)16(20-21)14-10-8-7-9-11-14/h7-11,18H,5-6,12-13H2,1-4H3. The van der Waals surface area contributed by atoms with E-state index >= 15 is 0 Å². The van der Waals surface area contributed by atoms with Crippen LogP contribution in [0.15, 0.2) is 30.3 Å². The molecule has 0 unspecified atom stereocenters. The minimum absolute atomic E-state index is 0.114. The Bertz CT molecular complexity index is 557. The maximum Gasteiger partial charge on any atom is 0.117 e. The highest BCUT2D eigenvalue weighted by molar-refractivity contribution is 5.60. The SMILES string of the molecule is CCCn1nc(CNC(C)(C)CC)c(-c2ccccc2)n1. The van der Waals surface area contributed by atoms with Gasteiger partial charge in [0.25, 0.3) is 0 Å². The molecule has 0 aliphatic carbocycles. The van der Waals surface area contributed by atoms with Gasteiger partial charge in [-0.2, -0.15) is 15.0 Å². The second kappa shape index (κ2) is 6.85. The Morgan fingerprint density at radius 1 is 1.10 bits per heavy atom. The number of nitrogens with zero attached hydrogens (tertiary/aromatic N) is 3. The van der Waals surface area contributed by atoms with E-state index in [9.17, 15) is 0 Å². The highest BCUT2D eigenvalue weighted by Gasteiger charge is 2.18. The third kappa shape index (κ3) is 4.14. The van der Waals surface area contributed by atoms with Gasteiger partial charge in [0.2, 0.25) is 0 Å². The second-order valence-corrected chi connectivity index (χ2v) is 6.05. The average molecular weight is 286 g/mol. The van der Waals surface area contributed by atoms with Crippen molar-refractivity contribution in [3.63, 3.8) is 0 Å². The van der Waals surface area contributed by atoms with Crippen LogP contribution < -0.4 is 5.32 Å². The van der Waals surface area contributed by atoms with Crippen LogP contribution in [-0.4, -0.2) is 20.5 Å². The summed E-state index contributed by atoms with van der Waals surface area (Å²) < 4.78 is 0. The predicted octanol–water partition coefficient (Wildman–Crippen LogP) is 3.63. The van der Waals surface area contributed by atoms with Gasteiger partial charge in [0.05, 0.1) is 6.54 Å². The van der Waals surface area contributed by atoms with Gasteiger partial charge in [-0.1, -0.05) is 44.2 Å². The van der Waals surface area contributed by atoms with Crippen molar-refractivity contribution in [1.82, 2.24) is 20.3 Å². The molecular weight excluding hydrogens is 260 g/mol. The Hall–Kier alpha value is -1.68. The number of aryl methyl sites for hydroxylation is 1. The van der Waals surface area contributed by atoms with Crippen molar-refractivity contribution in [3.05, 3.63) is 36.0 Å². The monoisotopic (exact) mass is 286 g/mol. The van der Waals surface area contributed by atoms with Crippen LogP contribution in [0.3, 0.4) is 0 Å². The molecule has 21 heavy (non-hydrogen) atoms. The molecule has 2 rings (SSSR count). The molecule has 4 heteroatoms. The molecule has 0 aliphatic heterocycles. The summed E-state index contributed by atoms with van der Waals surface area (Å²) >= 11 is 0. The van der Waals surface area contributed by atoms with E-state index in [-0.39, 0.29) is 5.54 Å². The molecule has 2 aromatic rings. The summed E-state index contributed by atoms with van der Waals surface area (Å²) in [5.41, 5.74) is 3.26. The first kappa shape index (κ1) is 15.7. The maximum atomic E-state index is 4.66. The van der Waals surface area contributed by atoms with Gasteiger partial charge < -0.3 is 5.32 Å². The van der Waals surface area contributed by atoms with E-state index in [2.05, 4.69) is 55.3 Å². The van der Waals surface area contributed by atoms with E-state index in [0.717, 1.165) is 42.9 Å². The molecule has 0 saturated carbocycles. The van der Waals surface area contributed by atoms with Crippen molar-refractivity contribution in [2.75, 3.05) is 0 Å². The van der Waals surface area contributed by atoms with Crippen LogP contribution in [0.25, 0.3) is 11.3 Å². The number of hydrogen-bond acceptors (Lipinski definition) is 3. The van der Waals surface area contributed by atoms with Crippen LogP contribution in [0.5, 0.6) is 0 Å². The zero-order valence-corrected chi connectivity index (χ0v) is 13.6. The van der Waals surface area contributed by atoms with E-state index in [4.69, 9.17) is 0 Å². The van der Waals surface area contributed by atoms with E-state index in [1.165, 1.54) is 0 Å². The number of nitrogens with one attached hydrogen (secondary N) is 1. The zero-order chi connectivity index (χ0) is 15.3. The summed E-state index contributed by atoms with van der Waals surface area (Å²) in [6.07, 6.45) is 2.12. The van der Waals surface area contributed by atoms with Gasteiger partial charge in [-0.05, 0) is 26.7 Å².